The highest BCUT2D eigenvalue weighted by atomic mass is 15.1. The lowest BCUT2D eigenvalue weighted by molar-refractivity contribution is -0.567. The van der Waals surface area contributed by atoms with Crippen LogP contribution in [0.15, 0.2) is 207 Å². The topological polar surface area (TPSA) is 26.6 Å². The van der Waals surface area contributed by atoms with Gasteiger partial charge in [-0.1, -0.05) is 154 Å². The van der Waals surface area contributed by atoms with Gasteiger partial charge in [-0.15, -0.1) is 0 Å². The Hall–Kier alpha value is -7.04. The maximum absolute atomic E-state index is 5.01. The Kier molecular flexibility index (Phi) is 8.23. The van der Waals surface area contributed by atoms with Crippen molar-refractivity contribution in [3.05, 3.63) is 234 Å². The Morgan fingerprint density at radius 1 is 0.456 bits per heavy atom. The maximum atomic E-state index is 5.01. The largest absolute Gasteiger partial charge is 0.294 e. The molecule has 10 rings (SSSR count). The first-order chi connectivity index (χ1) is 27.9. The van der Waals surface area contributed by atoms with Gasteiger partial charge in [0, 0.05) is 17.0 Å². The number of pyridine rings is 1. The first-order valence-electron chi connectivity index (χ1n) is 19.7. The number of aromatic nitrogens is 4. The molecule has 0 radical (unpaired) electrons. The molecule has 0 unspecified atom stereocenters. The van der Waals surface area contributed by atoms with Gasteiger partial charge in [-0.25, -0.2) is 4.98 Å². The van der Waals surface area contributed by atoms with Crippen LogP contribution in [0.4, 0.5) is 0 Å². The van der Waals surface area contributed by atoms with Crippen molar-refractivity contribution in [3.8, 4) is 17.2 Å². The fraction of sp³-hybridized carbons (Fsp3) is 0.0943. The molecule has 0 amide bonds. The SMILES string of the molecule is CC(C)(C)c1ccnc(-n2c3ccccc3c3ccc(C(c4ccccc4)(c4ccccc4)c4cccc(-n5c[n+](-c6ccccc6)c6ccccc65)c4)cc32)c1. The van der Waals surface area contributed by atoms with Gasteiger partial charge >= 0.3 is 0 Å². The van der Waals surface area contributed by atoms with Gasteiger partial charge in [0.05, 0.1) is 16.4 Å². The van der Waals surface area contributed by atoms with Crippen LogP contribution in [0.5, 0.6) is 0 Å². The van der Waals surface area contributed by atoms with Crippen LogP contribution in [0.25, 0.3) is 50.0 Å². The Balaban J connectivity index is 1.27. The predicted molar refractivity (Wildman–Crippen MR) is 234 cm³/mol. The smallest absolute Gasteiger partial charge is 0.255 e. The second-order valence-electron chi connectivity index (χ2n) is 15.9. The normalized spacial score (nSPS) is 12.1. The fourth-order valence-electron chi connectivity index (χ4n) is 8.83. The van der Waals surface area contributed by atoms with E-state index in [1.54, 1.807) is 0 Å². The lowest BCUT2D eigenvalue weighted by atomic mass is 9.65. The third-order valence-electron chi connectivity index (χ3n) is 11.6. The monoisotopic (exact) mass is 735 g/mol. The number of para-hydroxylation sites is 4. The van der Waals surface area contributed by atoms with Crippen LogP contribution >= 0.6 is 0 Å². The van der Waals surface area contributed by atoms with Crippen LogP contribution in [0.2, 0.25) is 0 Å². The molecular formula is C53H43N4+. The number of benzene rings is 7. The van der Waals surface area contributed by atoms with Crippen molar-refractivity contribution in [3.63, 3.8) is 0 Å². The van der Waals surface area contributed by atoms with Crippen LogP contribution in [0.1, 0.15) is 48.6 Å². The summed E-state index contributed by atoms with van der Waals surface area (Å²) >= 11 is 0. The molecule has 0 aliphatic heterocycles. The second-order valence-corrected chi connectivity index (χ2v) is 15.9. The molecule has 0 aliphatic carbocycles. The summed E-state index contributed by atoms with van der Waals surface area (Å²) < 4.78 is 6.95. The minimum absolute atomic E-state index is 0.0200. The minimum Gasteiger partial charge on any atom is -0.294 e. The third-order valence-corrected chi connectivity index (χ3v) is 11.6. The van der Waals surface area contributed by atoms with E-state index in [0.717, 1.165) is 39.3 Å². The molecule has 0 atom stereocenters. The van der Waals surface area contributed by atoms with E-state index in [0.29, 0.717) is 0 Å². The molecule has 4 nitrogen and oxygen atoms in total. The van der Waals surface area contributed by atoms with E-state index < -0.39 is 5.41 Å². The van der Waals surface area contributed by atoms with Crippen molar-refractivity contribution in [1.29, 1.82) is 0 Å². The molecule has 0 N–H and O–H groups in total. The van der Waals surface area contributed by atoms with Gasteiger partial charge < -0.3 is 0 Å². The Morgan fingerprint density at radius 3 is 1.77 bits per heavy atom. The van der Waals surface area contributed by atoms with E-state index in [2.05, 4.69) is 235 Å². The number of nitrogens with zero attached hydrogens (tertiary/aromatic N) is 4. The Bertz CT molecular complexity index is 3000. The lowest BCUT2D eigenvalue weighted by Crippen LogP contribution is -2.31. The fourth-order valence-corrected chi connectivity index (χ4v) is 8.83. The quantitative estimate of drug-likeness (QED) is 0.118. The Morgan fingerprint density at radius 2 is 1.05 bits per heavy atom. The van der Waals surface area contributed by atoms with Crippen LogP contribution in [-0.4, -0.2) is 14.1 Å². The first kappa shape index (κ1) is 34.5. The van der Waals surface area contributed by atoms with Crippen molar-refractivity contribution in [2.24, 2.45) is 0 Å². The van der Waals surface area contributed by atoms with Gasteiger partial charge in [-0.3, -0.25) is 4.57 Å². The van der Waals surface area contributed by atoms with Crippen LogP contribution < -0.4 is 4.57 Å². The van der Waals surface area contributed by atoms with Crippen molar-refractivity contribution in [2.45, 2.75) is 31.6 Å². The van der Waals surface area contributed by atoms with E-state index in [1.807, 2.05) is 6.20 Å². The minimum atomic E-state index is -0.674. The molecule has 4 heteroatoms. The molecule has 0 aliphatic rings. The molecule has 10 aromatic rings. The molecule has 3 aromatic heterocycles. The number of hydrogen-bond donors (Lipinski definition) is 0. The molecule has 274 valence electrons. The average molecular weight is 736 g/mol. The summed E-state index contributed by atoms with van der Waals surface area (Å²) in [5.41, 5.74) is 12.1. The van der Waals surface area contributed by atoms with Gasteiger partial charge in [0.2, 0.25) is 0 Å². The maximum Gasteiger partial charge on any atom is 0.255 e. The molecule has 0 saturated heterocycles. The summed E-state index contributed by atoms with van der Waals surface area (Å²) in [6.45, 7) is 6.78. The van der Waals surface area contributed by atoms with E-state index in [4.69, 9.17) is 4.98 Å². The summed E-state index contributed by atoms with van der Waals surface area (Å²) in [7, 11) is 0. The molecule has 0 spiro atoms. The number of rotatable bonds is 7. The van der Waals surface area contributed by atoms with Crippen LogP contribution in [0.3, 0.4) is 0 Å². The van der Waals surface area contributed by atoms with E-state index in [1.165, 1.54) is 38.6 Å². The van der Waals surface area contributed by atoms with Gasteiger partial charge in [0.15, 0.2) is 11.0 Å². The molecule has 0 fully saturated rings. The molecule has 7 aromatic carbocycles. The van der Waals surface area contributed by atoms with E-state index >= 15 is 0 Å². The van der Waals surface area contributed by atoms with Gasteiger partial charge in [0.25, 0.3) is 6.33 Å². The highest BCUT2D eigenvalue weighted by Gasteiger charge is 2.39. The molecule has 0 saturated carbocycles. The Labute approximate surface area is 333 Å². The third kappa shape index (κ3) is 5.67. The van der Waals surface area contributed by atoms with Gasteiger partial charge in [0.1, 0.15) is 17.2 Å². The zero-order valence-electron chi connectivity index (χ0n) is 32.4. The van der Waals surface area contributed by atoms with Crippen molar-refractivity contribution in [2.75, 3.05) is 0 Å². The number of fused-ring (bicyclic) bond motifs is 4. The molecule has 57 heavy (non-hydrogen) atoms. The average Bonchev–Trinajstić information content (AvgIpc) is 3.81. The summed E-state index contributed by atoms with van der Waals surface area (Å²) in [5, 5.41) is 2.41. The second kappa shape index (κ2) is 13.6. The zero-order valence-corrected chi connectivity index (χ0v) is 32.4. The summed E-state index contributed by atoms with van der Waals surface area (Å²) in [4.78, 5) is 5.01. The summed E-state index contributed by atoms with van der Waals surface area (Å²) in [6.07, 6.45) is 4.17. The summed E-state index contributed by atoms with van der Waals surface area (Å²) in [6, 6.07) is 70.5. The molecular weight excluding hydrogens is 693 g/mol. The van der Waals surface area contributed by atoms with Gasteiger partial charge in [-0.2, -0.15) is 9.13 Å². The van der Waals surface area contributed by atoms with Crippen molar-refractivity contribution < 1.29 is 4.57 Å². The lowest BCUT2D eigenvalue weighted by Gasteiger charge is -2.37. The van der Waals surface area contributed by atoms with Crippen LogP contribution in [-0.2, 0) is 10.8 Å². The molecule has 3 heterocycles. The molecule has 0 bridgehead atoms. The summed E-state index contributed by atoms with van der Waals surface area (Å²) in [5.74, 6) is 0.920. The highest BCUT2D eigenvalue weighted by Crippen LogP contribution is 2.47. The first-order valence-corrected chi connectivity index (χ1v) is 19.7. The van der Waals surface area contributed by atoms with Gasteiger partial charge in [-0.05, 0) is 93.9 Å². The highest BCUT2D eigenvalue weighted by molar-refractivity contribution is 6.09. The van der Waals surface area contributed by atoms with E-state index in [-0.39, 0.29) is 5.41 Å². The zero-order chi connectivity index (χ0) is 38.6. The number of imidazole rings is 1. The standard InChI is InChI=1S/C53H43N4/c1-52(2,3)40-32-33-54-51(36-40)57-47-27-14-13-26-45(47)46-31-30-42(35-50(46)57)53(38-18-7-4-8-19-38,39-20-9-5-10-21-39)41-22-17-25-44(34-41)56-37-55(43-23-11-6-12-24-43)48-28-15-16-29-49(48)56/h4-37H,1-3H3/q+1. The van der Waals surface area contributed by atoms with Crippen LogP contribution in [0, 0.1) is 0 Å². The van der Waals surface area contributed by atoms with Crippen molar-refractivity contribution in [1.82, 2.24) is 14.1 Å². The number of hydrogen-bond acceptors (Lipinski definition) is 1. The van der Waals surface area contributed by atoms with E-state index in [9.17, 15) is 0 Å². The van der Waals surface area contributed by atoms with Crippen molar-refractivity contribution >= 4 is 32.8 Å². The predicted octanol–water partition coefficient (Wildman–Crippen LogP) is 12.1.